The van der Waals surface area contributed by atoms with Gasteiger partial charge in [-0.15, -0.1) is 10.2 Å². The molecule has 21 heavy (non-hydrogen) atoms. The number of carbonyl (C=O) groups excluding carboxylic acids is 1. The van der Waals surface area contributed by atoms with Crippen LogP contribution in [-0.2, 0) is 11.8 Å². The summed E-state index contributed by atoms with van der Waals surface area (Å²) in [6.45, 7) is 0. The van der Waals surface area contributed by atoms with Gasteiger partial charge in [-0.25, -0.2) is 9.18 Å². The van der Waals surface area contributed by atoms with Crippen LogP contribution >= 0.6 is 0 Å². The van der Waals surface area contributed by atoms with Gasteiger partial charge in [-0.1, -0.05) is 0 Å². The molecule has 2 rings (SSSR count). The predicted octanol–water partition coefficient (Wildman–Crippen LogP) is 1.39. The smallest absolute Gasteiger partial charge is 0.362 e. The van der Waals surface area contributed by atoms with E-state index >= 15 is 0 Å². The van der Waals surface area contributed by atoms with Gasteiger partial charge in [-0.2, -0.15) is 4.80 Å². The molecule has 0 aliphatic heterocycles. The molecule has 110 valence electrons. The normalized spacial score (nSPS) is 10.2. The van der Waals surface area contributed by atoms with Crippen LogP contribution in [0.2, 0.25) is 0 Å². The highest BCUT2D eigenvalue weighted by Gasteiger charge is 2.22. The van der Waals surface area contributed by atoms with E-state index in [0.717, 1.165) is 16.9 Å². The average Bonchev–Trinajstić information content (AvgIpc) is 2.80. The number of hydrogen-bond donors (Lipinski definition) is 1. The number of aromatic nitrogens is 3. The van der Waals surface area contributed by atoms with Gasteiger partial charge < -0.3 is 10.1 Å². The van der Waals surface area contributed by atoms with Crippen LogP contribution < -0.4 is 5.32 Å². The number of nitrogens with one attached hydrogen (secondary N) is 1. The van der Waals surface area contributed by atoms with Crippen molar-refractivity contribution in [2.24, 2.45) is 7.05 Å². The number of anilines is 2. The number of halogens is 1. The zero-order valence-corrected chi connectivity index (χ0v) is 11.0. The lowest BCUT2D eigenvalue weighted by Gasteiger charge is -2.05. The van der Waals surface area contributed by atoms with Gasteiger partial charge in [0.2, 0.25) is 5.69 Å². The number of carbonyl (C=O) groups is 1. The molecule has 9 nitrogen and oxygen atoms in total. The van der Waals surface area contributed by atoms with Gasteiger partial charge >= 0.3 is 5.97 Å². The van der Waals surface area contributed by atoms with Gasteiger partial charge in [0.05, 0.1) is 18.1 Å². The highest BCUT2D eigenvalue weighted by atomic mass is 19.1. The molecule has 1 N–H and O–H groups in total. The minimum Gasteiger partial charge on any atom is -0.464 e. The van der Waals surface area contributed by atoms with Gasteiger partial charge in [0.25, 0.3) is 5.69 Å². The summed E-state index contributed by atoms with van der Waals surface area (Å²) in [5.41, 5.74) is -0.651. The van der Waals surface area contributed by atoms with E-state index in [1.54, 1.807) is 0 Å². The van der Waals surface area contributed by atoms with Crippen LogP contribution in [0.15, 0.2) is 18.2 Å². The van der Waals surface area contributed by atoms with Crippen molar-refractivity contribution in [3.05, 3.63) is 39.8 Å². The molecule has 0 bridgehead atoms. The lowest BCUT2D eigenvalue weighted by Crippen LogP contribution is -2.06. The number of hydrogen-bond acceptors (Lipinski definition) is 7. The van der Waals surface area contributed by atoms with Crippen molar-refractivity contribution >= 4 is 23.2 Å². The SMILES string of the molecule is COC(=O)c1nn(C)nc1Nc1ccc(F)cc1[N+](=O)[O-]. The molecule has 0 atom stereocenters. The molecule has 0 saturated carbocycles. The number of aryl methyl sites for hydroxylation is 1. The Kier molecular flexibility index (Phi) is 3.78. The molecule has 0 amide bonds. The first-order chi connectivity index (χ1) is 9.92. The van der Waals surface area contributed by atoms with Crippen molar-refractivity contribution < 1.29 is 18.8 Å². The van der Waals surface area contributed by atoms with Gasteiger partial charge in [0, 0.05) is 7.05 Å². The molecule has 2 aromatic rings. The van der Waals surface area contributed by atoms with Crippen molar-refractivity contribution in [3.8, 4) is 0 Å². The van der Waals surface area contributed by atoms with E-state index in [4.69, 9.17) is 0 Å². The number of rotatable bonds is 4. The standard InChI is InChI=1S/C11H10FN5O4/c1-16-14-9(11(18)21-2)10(15-16)13-7-4-3-6(12)5-8(7)17(19)20/h3-5H,1-2H3,(H,13,15). The van der Waals surface area contributed by atoms with Crippen LogP contribution in [0.25, 0.3) is 0 Å². The maximum Gasteiger partial charge on any atom is 0.362 e. The average molecular weight is 295 g/mol. The van der Waals surface area contributed by atoms with Crippen LogP contribution in [-0.4, -0.2) is 33.0 Å². The number of ether oxygens (including phenoxy) is 1. The molecule has 0 fully saturated rings. The van der Waals surface area contributed by atoms with Crippen LogP contribution in [0.4, 0.5) is 21.6 Å². The highest BCUT2D eigenvalue weighted by Crippen LogP contribution is 2.28. The van der Waals surface area contributed by atoms with Crippen molar-refractivity contribution in [3.63, 3.8) is 0 Å². The first kappa shape index (κ1) is 14.4. The molecular weight excluding hydrogens is 285 g/mol. The molecule has 1 aromatic carbocycles. The van der Waals surface area contributed by atoms with Crippen LogP contribution in [0, 0.1) is 15.9 Å². The molecule has 0 unspecified atom stereocenters. The van der Waals surface area contributed by atoms with Gasteiger partial charge in [0.15, 0.2) is 5.82 Å². The van der Waals surface area contributed by atoms with Crippen molar-refractivity contribution in [1.29, 1.82) is 0 Å². The van der Waals surface area contributed by atoms with Gasteiger partial charge in [-0.3, -0.25) is 10.1 Å². The second-order valence-electron chi connectivity index (χ2n) is 3.92. The van der Waals surface area contributed by atoms with Crippen molar-refractivity contribution in [2.45, 2.75) is 0 Å². The third-order valence-corrected chi connectivity index (χ3v) is 2.50. The Morgan fingerprint density at radius 1 is 1.48 bits per heavy atom. The third-order valence-electron chi connectivity index (χ3n) is 2.50. The minimum atomic E-state index is -0.754. The summed E-state index contributed by atoms with van der Waals surface area (Å²) in [7, 11) is 2.64. The van der Waals surface area contributed by atoms with Crippen LogP contribution in [0.1, 0.15) is 10.5 Å². The largest absolute Gasteiger partial charge is 0.464 e. The van der Waals surface area contributed by atoms with E-state index in [1.807, 2.05) is 0 Å². The Hall–Kier alpha value is -3.04. The van der Waals surface area contributed by atoms with Gasteiger partial charge in [0.1, 0.15) is 11.5 Å². The molecule has 1 heterocycles. The van der Waals surface area contributed by atoms with E-state index < -0.39 is 22.4 Å². The Labute approximate surface area is 117 Å². The minimum absolute atomic E-state index is 0.0212. The predicted molar refractivity (Wildman–Crippen MR) is 68.7 cm³/mol. The second kappa shape index (κ2) is 5.53. The quantitative estimate of drug-likeness (QED) is 0.515. The summed E-state index contributed by atoms with van der Waals surface area (Å²) >= 11 is 0. The van der Waals surface area contributed by atoms with Crippen LogP contribution in [0.3, 0.4) is 0 Å². The summed E-state index contributed by atoms with van der Waals surface area (Å²) in [5, 5.41) is 21.2. The summed E-state index contributed by atoms with van der Waals surface area (Å²) < 4.78 is 17.6. The summed E-state index contributed by atoms with van der Waals surface area (Å²) in [4.78, 5) is 22.8. The maximum atomic E-state index is 13.1. The van der Waals surface area contributed by atoms with E-state index in [0.29, 0.717) is 0 Å². The summed E-state index contributed by atoms with van der Waals surface area (Å²) in [6, 6.07) is 2.98. The summed E-state index contributed by atoms with van der Waals surface area (Å²) in [6.07, 6.45) is 0. The molecular formula is C11H10FN5O4. The summed E-state index contributed by atoms with van der Waals surface area (Å²) in [5.74, 6) is -1.53. The molecule has 0 aliphatic carbocycles. The zero-order valence-electron chi connectivity index (χ0n) is 11.0. The van der Waals surface area contributed by atoms with Crippen molar-refractivity contribution in [2.75, 3.05) is 12.4 Å². The Balaban J connectivity index is 2.43. The first-order valence-electron chi connectivity index (χ1n) is 5.63. The third kappa shape index (κ3) is 2.94. The van der Waals surface area contributed by atoms with E-state index in [1.165, 1.54) is 20.2 Å². The fourth-order valence-corrected chi connectivity index (χ4v) is 1.61. The van der Waals surface area contributed by atoms with E-state index in [9.17, 15) is 19.3 Å². The second-order valence-corrected chi connectivity index (χ2v) is 3.92. The number of methoxy groups -OCH3 is 1. The lowest BCUT2D eigenvalue weighted by molar-refractivity contribution is -0.384. The fourth-order valence-electron chi connectivity index (χ4n) is 1.61. The van der Waals surface area contributed by atoms with Crippen LogP contribution in [0.5, 0.6) is 0 Å². The molecule has 0 saturated heterocycles. The van der Waals surface area contributed by atoms with Gasteiger partial charge in [-0.05, 0) is 12.1 Å². The Morgan fingerprint density at radius 3 is 2.81 bits per heavy atom. The Bertz CT molecular complexity index is 715. The van der Waals surface area contributed by atoms with Crippen molar-refractivity contribution in [1.82, 2.24) is 15.0 Å². The fraction of sp³-hybridized carbons (Fsp3) is 0.182. The first-order valence-corrected chi connectivity index (χ1v) is 5.63. The van der Waals surface area contributed by atoms with E-state index in [2.05, 4.69) is 20.3 Å². The number of esters is 1. The Morgan fingerprint density at radius 2 is 2.19 bits per heavy atom. The molecule has 0 aliphatic rings. The number of nitrogens with zero attached hydrogens (tertiary/aromatic N) is 4. The topological polar surface area (TPSA) is 112 Å². The molecule has 10 heteroatoms. The van der Waals surface area contributed by atoms with E-state index in [-0.39, 0.29) is 17.2 Å². The molecule has 1 aromatic heterocycles. The monoisotopic (exact) mass is 295 g/mol. The molecule has 0 spiro atoms. The molecule has 0 radical (unpaired) electrons. The number of benzene rings is 1. The number of nitro benzene ring substituents is 1. The zero-order chi connectivity index (χ0) is 15.6. The lowest BCUT2D eigenvalue weighted by atomic mass is 10.2. The maximum absolute atomic E-state index is 13.1. The number of nitro groups is 1. The highest BCUT2D eigenvalue weighted by molar-refractivity contribution is 5.93.